The monoisotopic (exact) mass is 470 g/mol. The Kier molecular flexibility index (Phi) is 7.14. The van der Waals surface area contributed by atoms with Crippen LogP contribution >= 0.6 is 11.6 Å². The predicted molar refractivity (Wildman–Crippen MR) is 130 cm³/mol. The van der Waals surface area contributed by atoms with E-state index in [0.29, 0.717) is 50.0 Å². The molecule has 1 aromatic carbocycles. The molecule has 33 heavy (non-hydrogen) atoms. The summed E-state index contributed by atoms with van der Waals surface area (Å²) >= 11 is 6.07. The zero-order valence-electron chi connectivity index (χ0n) is 19.3. The van der Waals surface area contributed by atoms with E-state index in [1.165, 1.54) is 6.33 Å². The molecule has 2 amide bonds. The summed E-state index contributed by atoms with van der Waals surface area (Å²) in [6.07, 6.45) is 1.93. The fourth-order valence-corrected chi connectivity index (χ4v) is 4.64. The van der Waals surface area contributed by atoms with Crippen LogP contribution in [0.15, 0.2) is 30.6 Å². The molecule has 0 saturated carbocycles. The molecule has 0 radical (unpaired) electrons. The fraction of sp³-hybridized carbons (Fsp3) is 0.500. The van der Waals surface area contributed by atoms with Crippen molar-refractivity contribution < 1.29 is 9.59 Å². The summed E-state index contributed by atoms with van der Waals surface area (Å²) < 4.78 is 0. The van der Waals surface area contributed by atoms with Crippen molar-refractivity contribution in [3.05, 3.63) is 46.7 Å². The highest BCUT2D eigenvalue weighted by Crippen LogP contribution is 2.36. The highest BCUT2D eigenvalue weighted by atomic mass is 35.5. The van der Waals surface area contributed by atoms with Crippen molar-refractivity contribution in [3.8, 4) is 0 Å². The Hall–Kier alpha value is -2.71. The molecule has 3 heterocycles. The number of carbonyl (C=O) groups is 2. The van der Waals surface area contributed by atoms with Crippen LogP contribution in [0.25, 0.3) is 0 Å². The molecular formula is C24H31ClN6O2. The van der Waals surface area contributed by atoms with Gasteiger partial charge in [-0.25, -0.2) is 9.97 Å². The number of aromatic nitrogens is 2. The van der Waals surface area contributed by atoms with E-state index in [2.05, 4.69) is 39.3 Å². The van der Waals surface area contributed by atoms with Crippen molar-refractivity contribution in [2.45, 2.75) is 45.1 Å². The summed E-state index contributed by atoms with van der Waals surface area (Å²) in [5.74, 6) is 1.35. The van der Waals surface area contributed by atoms with E-state index >= 15 is 0 Å². The number of carbonyl (C=O) groups excluding carboxylic acids is 2. The minimum Gasteiger partial charge on any atom is -0.353 e. The molecular weight excluding hydrogens is 440 g/mol. The molecule has 2 N–H and O–H groups in total. The molecule has 0 spiro atoms. The summed E-state index contributed by atoms with van der Waals surface area (Å²) in [5.41, 5.74) is 1.95. The van der Waals surface area contributed by atoms with E-state index in [-0.39, 0.29) is 29.7 Å². The largest absolute Gasteiger partial charge is 0.353 e. The van der Waals surface area contributed by atoms with Gasteiger partial charge in [-0.2, -0.15) is 0 Å². The van der Waals surface area contributed by atoms with Crippen LogP contribution in [0.5, 0.6) is 0 Å². The van der Waals surface area contributed by atoms with Gasteiger partial charge >= 0.3 is 0 Å². The number of hydrogen-bond donors (Lipinski definition) is 2. The molecule has 8 nitrogen and oxygen atoms in total. The molecule has 176 valence electrons. The Labute approximate surface area is 199 Å². The smallest absolute Gasteiger partial charge is 0.231 e. The summed E-state index contributed by atoms with van der Waals surface area (Å²) in [5, 5.41) is 6.93. The summed E-state index contributed by atoms with van der Waals surface area (Å²) in [6, 6.07) is 7.83. The lowest BCUT2D eigenvalue weighted by molar-refractivity contribution is -0.133. The number of fused-ring (bicyclic) bond motifs is 1. The van der Waals surface area contributed by atoms with Gasteiger partial charge in [0.15, 0.2) is 0 Å². The molecule has 0 unspecified atom stereocenters. The Morgan fingerprint density at radius 3 is 2.55 bits per heavy atom. The van der Waals surface area contributed by atoms with E-state index in [9.17, 15) is 9.59 Å². The molecule has 2 aromatic rings. The highest BCUT2D eigenvalue weighted by Gasteiger charge is 2.32. The minimum atomic E-state index is -0.265. The van der Waals surface area contributed by atoms with Gasteiger partial charge in [0.25, 0.3) is 0 Å². The second-order valence-electron chi connectivity index (χ2n) is 9.09. The number of halogens is 1. The maximum Gasteiger partial charge on any atom is 0.231 e. The number of rotatable bonds is 6. The third-order valence-electron chi connectivity index (χ3n) is 6.30. The molecule has 2 aliphatic heterocycles. The second-order valence-corrected chi connectivity index (χ2v) is 9.53. The van der Waals surface area contributed by atoms with E-state index < -0.39 is 0 Å². The lowest BCUT2D eigenvalue weighted by Gasteiger charge is -2.38. The third kappa shape index (κ3) is 5.28. The van der Waals surface area contributed by atoms with Gasteiger partial charge in [0.2, 0.25) is 11.8 Å². The van der Waals surface area contributed by atoms with E-state index in [1.54, 1.807) is 0 Å². The van der Waals surface area contributed by atoms with E-state index in [0.717, 1.165) is 16.9 Å². The zero-order valence-corrected chi connectivity index (χ0v) is 20.1. The van der Waals surface area contributed by atoms with Crippen molar-refractivity contribution in [1.82, 2.24) is 20.2 Å². The van der Waals surface area contributed by atoms with Crippen molar-refractivity contribution in [2.75, 3.05) is 42.9 Å². The quantitative estimate of drug-likeness (QED) is 0.674. The van der Waals surface area contributed by atoms with Crippen LogP contribution in [0.4, 0.5) is 11.6 Å². The lowest BCUT2D eigenvalue weighted by Crippen LogP contribution is -2.51. The van der Waals surface area contributed by atoms with Crippen LogP contribution in [-0.2, 0) is 9.59 Å². The average molecular weight is 471 g/mol. The SMILES string of the molecule is CC(C)NC[C@@H](C(=O)N1CCN(c2ncnc3c2[C@@H](C)CC(=O)N3)CC1)c1ccc(Cl)cc1. The Morgan fingerprint density at radius 2 is 1.88 bits per heavy atom. The number of nitrogens with zero attached hydrogens (tertiary/aromatic N) is 4. The third-order valence-corrected chi connectivity index (χ3v) is 6.55. The van der Waals surface area contributed by atoms with E-state index in [1.807, 2.05) is 36.1 Å². The van der Waals surface area contributed by atoms with Crippen LogP contribution < -0.4 is 15.5 Å². The lowest BCUT2D eigenvalue weighted by atomic mass is 9.94. The number of anilines is 2. The normalized spacial score (nSPS) is 19.3. The van der Waals surface area contributed by atoms with Crippen molar-refractivity contribution >= 4 is 35.1 Å². The second kappa shape index (κ2) is 10.1. The molecule has 9 heteroatoms. The van der Waals surface area contributed by atoms with Gasteiger partial charge in [-0.1, -0.05) is 44.5 Å². The van der Waals surface area contributed by atoms with Gasteiger partial charge in [-0.3, -0.25) is 9.59 Å². The molecule has 2 aliphatic rings. The number of piperazine rings is 1. The van der Waals surface area contributed by atoms with Gasteiger partial charge in [0.05, 0.1) is 5.92 Å². The first-order chi connectivity index (χ1) is 15.8. The van der Waals surface area contributed by atoms with Crippen molar-refractivity contribution in [2.24, 2.45) is 0 Å². The zero-order chi connectivity index (χ0) is 23.5. The number of hydrogen-bond acceptors (Lipinski definition) is 6. The number of nitrogens with one attached hydrogen (secondary N) is 2. The summed E-state index contributed by atoms with van der Waals surface area (Å²) in [7, 11) is 0. The maximum atomic E-state index is 13.5. The Bertz CT molecular complexity index is 1000. The van der Waals surface area contributed by atoms with Crippen LogP contribution in [-0.4, -0.2) is 65.4 Å². The first kappa shape index (κ1) is 23.4. The molecule has 1 fully saturated rings. The van der Waals surface area contributed by atoms with Gasteiger partial charge in [-0.05, 0) is 23.6 Å². The van der Waals surface area contributed by atoms with Gasteiger partial charge < -0.3 is 20.4 Å². The van der Waals surface area contributed by atoms with Crippen LogP contribution in [0.1, 0.15) is 50.2 Å². The van der Waals surface area contributed by atoms with Gasteiger partial charge in [0.1, 0.15) is 18.0 Å². The van der Waals surface area contributed by atoms with Crippen LogP contribution in [0.2, 0.25) is 5.02 Å². The van der Waals surface area contributed by atoms with Crippen molar-refractivity contribution in [1.29, 1.82) is 0 Å². The Morgan fingerprint density at radius 1 is 1.18 bits per heavy atom. The van der Waals surface area contributed by atoms with Gasteiger partial charge in [0, 0.05) is 55.8 Å². The average Bonchev–Trinajstić information content (AvgIpc) is 2.79. The molecule has 0 bridgehead atoms. The molecule has 2 atom stereocenters. The summed E-state index contributed by atoms with van der Waals surface area (Å²) in [6.45, 7) is 9.36. The first-order valence-corrected chi connectivity index (χ1v) is 11.9. The standard InChI is InChI=1S/C24H31ClN6O2/c1-15(2)26-13-19(17-4-6-18(25)7-5-17)24(33)31-10-8-30(9-11-31)23-21-16(3)12-20(32)29-22(21)27-14-28-23/h4-7,14-16,19,26H,8-13H2,1-3H3,(H,27,28,29,32)/t16-,19+/m0/s1. The van der Waals surface area contributed by atoms with Gasteiger partial charge in [-0.15, -0.1) is 0 Å². The summed E-state index contributed by atoms with van der Waals surface area (Å²) in [4.78, 5) is 38.4. The van der Waals surface area contributed by atoms with E-state index in [4.69, 9.17) is 11.6 Å². The first-order valence-electron chi connectivity index (χ1n) is 11.5. The van der Waals surface area contributed by atoms with Crippen LogP contribution in [0, 0.1) is 0 Å². The molecule has 1 aromatic heterocycles. The van der Waals surface area contributed by atoms with Crippen molar-refractivity contribution in [3.63, 3.8) is 0 Å². The number of amides is 2. The highest BCUT2D eigenvalue weighted by molar-refractivity contribution is 6.30. The minimum absolute atomic E-state index is 0.0154. The topological polar surface area (TPSA) is 90.5 Å². The molecule has 4 rings (SSSR count). The Balaban J connectivity index is 1.47. The number of benzene rings is 1. The fourth-order valence-electron chi connectivity index (χ4n) is 4.51. The maximum absolute atomic E-state index is 13.5. The molecule has 1 saturated heterocycles. The predicted octanol–water partition coefficient (Wildman–Crippen LogP) is 3.01. The molecule has 0 aliphatic carbocycles. The van der Waals surface area contributed by atoms with Crippen LogP contribution in [0.3, 0.4) is 0 Å².